The first-order valence-electron chi connectivity index (χ1n) is 9.89. The smallest absolute Gasteiger partial charge is 0.267 e. The van der Waals surface area contributed by atoms with E-state index in [-0.39, 0.29) is 11.5 Å². The van der Waals surface area contributed by atoms with E-state index in [9.17, 15) is 9.59 Å². The molecule has 0 spiro atoms. The van der Waals surface area contributed by atoms with Gasteiger partial charge >= 0.3 is 0 Å². The van der Waals surface area contributed by atoms with Gasteiger partial charge in [0.25, 0.3) is 5.56 Å². The van der Waals surface area contributed by atoms with E-state index < -0.39 is 5.25 Å². The standard InChI is InChI=1S/C24H19N5O2S/c1-15-10-11-21(26-14-15)29-23(31)19-8-3-4-9-20(19)28-24(29)32-16(2)22(30)27-18-7-5-6-17(12-18)13-25/h3-12,14,16H,1-2H3,(H,27,30). The number of fused-ring (bicyclic) bond motifs is 1. The van der Waals surface area contributed by atoms with Gasteiger partial charge in [-0.05, 0) is 55.8 Å². The number of aromatic nitrogens is 3. The van der Waals surface area contributed by atoms with E-state index >= 15 is 0 Å². The Balaban J connectivity index is 1.70. The summed E-state index contributed by atoms with van der Waals surface area (Å²) >= 11 is 1.17. The third kappa shape index (κ3) is 4.38. The number of nitriles is 1. The molecular formula is C24H19N5O2S. The summed E-state index contributed by atoms with van der Waals surface area (Å²) in [6.07, 6.45) is 1.68. The van der Waals surface area contributed by atoms with Gasteiger partial charge in [-0.1, -0.05) is 36.0 Å². The number of carbonyl (C=O) groups is 1. The minimum Gasteiger partial charge on any atom is -0.325 e. The van der Waals surface area contributed by atoms with Crippen LogP contribution in [0.3, 0.4) is 0 Å². The molecule has 0 radical (unpaired) electrons. The molecule has 158 valence electrons. The Morgan fingerprint density at radius 3 is 2.72 bits per heavy atom. The second-order valence-corrected chi connectivity index (χ2v) is 8.50. The summed E-state index contributed by atoms with van der Waals surface area (Å²) in [5.74, 6) is 0.173. The van der Waals surface area contributed by atoms with Crippen molar-refractivity contribution in [3.63, 3.8) is 0 Å². The highest BCUT2D eigenvalue weighted by atomic mass is 32.2. The summed E-state index contributed by atoms with van der Waals surface area (Å²) in [5.41, 5.74) is 2.27. The summed E-state index contributed by atoms with van der Waals surface area (Å²) in [6.45, 7) is 3.66. The lowest BCUT2D eigenvalue weighted by Gasteiger charge is -2.16. The van der Waals surface area contributed by atoms with E-state index in [4.69, 9.17) is 5.26 Å². The Morgan fingerprint density at radius 1 is 1.16 bits per heavy atom. The van der Waals surface area contributed by atoms with E-state index in [1.165, 1.54) is 16.3 Å². The van der Waals surface area contributed by atoms with Crippen molar-refractivity contribution < 1.29 is 4.79 Å². The molecule has 0 aliphatic heterocycles. The summed E-state index contributed by atoms with van der Waals surface area (Å²) < 4.78 is 1.44. The Bertz CT molecular complexity index is 1410. The van der Waals surface area contributed by atoms with E-state index in [0.717, 1.165) is 5.56 Å². The third-order valence-corrected chi connectivity index (χ3v) is 5.83. The highest BCUT2D eigenvalue weighted by Gasteiger charge is 2.21. The summed E-state index contributed by atoms with van der Waals surface area (Å²) in [6, 6.07) is 19.5. The van der Waals surface area contributed by atoms with Crippen molar-refractivity contribution in [3.05, 3.63) is 88.3 Å². The number of aryl methyl sites for hydroxylation is 1. The van der Waals surface area contributed by atoms with Gasteiger partial charge in [-0.15, -0.1) is 0 Å². The molecule has 0 aliphatic carbocycles. The molecule has 8 heteroatoms. The average Bonchev–Trinajstić information content (AvgIpc) is 2.80. The molecule has 4 aromatic rings. The lowest BCUT2D eigenvalue weighted by atomic mass is 10.2. The second kappa shape index (κ2) is 9.04. The molecule has 1 unspecified atom stereocenters. The number of nitrogens with one attached hydrogen (secondary N) is 1. The van der Waals surface area contributed by atoms with Crippen LogP contribution >= 0.6 is 11.8 Å². The Kier molecular flexibility index (Phi) is 6.01. The van der Waals surface area contributed by atoms with Crippen molar-refractivity contribution >= 4 is 34.3 Å². The molecule has 2 heterocycles. The van der Waals surface area contributed by atoms with Crippen LogP contribution in [-0.4, -0.2) is 25.7 Å². The first-order valence-corrected chi connectivity index (χ1v) is 10.8. The molecular weight excluding hydrogens is 422 g/mol. The SMILES string of the molecule is Cc1ccc(-n2c(SC(C)C(=O)Nc3cccc(C#N)c3)nc3ccccc3c2=O)nc1. The van der Waals surface area contributed by atoms with E-state index in [0.29, 0.717) is 33.1 Å². The average molecular weight is 442 g/mol. The van der Waals surface area contributed by atoms with Gasteiger partial charge in [-0.25, -0.2) is 14.5 Å². The molecule has 0 saturated heterocycles. The van der Waals surface area contributed by atoms with Crippen molar-refractivity contribution in [2.24, 2.45) is 0 Å². The molecule has 1 N–H and O–H groups in total. The highest BCUT2D eigenvalue weighted by molar-refractivity contribution is 8.00. The van der Waals surface area contributed by atoms with Crippen molar-refractivity contribution in [3.8, 4) is 11.9 Å². The fraction of sp³-hybridized carbons (Fsp3) is 0.125. The van der Waals surface area contributed by atoms with Crippen LogP contribution in [0.15, 0.2) is 76.8 Å². The molecule has 2 aromatic carbocycles. The lowest BCUT2D eigenvalue weighted by molar-refractivity contribution is -0.115. The number of nitrogens with zero attached hydrogens (tertiary/aromatic N) is 4. The van der Waals surface area contributed by atoms with Gasteiger partial charge in [-0.2, -0.15) is 5.26 Å². The zero-order chi connectivity index (χ0) is 22.7. The van der Waals surface area contributed by atoms with Crippen LogP contribution in [0.25, 0.3) is 16.7 Å². The molecule has 0 saturated carbocycles. The maximum absolute atomic E-state index is 13.3. The number of pyridine rings is 1. The number of anilines is 1. The minimum atomic E-state index is -0.564. The third-order valence-electron chi connectivity index (χ3n) is 4.78. The largest absolute Gasteiger partial charge is 0.325 e. The van der Waals surface area contributed by atoms with Crippen molar-refractivity contribution in [2.75, 3.05) is 5.32 Å². The number of hydrogen-bond acceptors (Lipinski definition) is 6. The van der Waals surface area contributed by atoms with Crippen molar-refractivity contribution in [1.29, 1.82) is 5.26 Å². The van der Waals surface area contributed by atoms with Crippen molar-refractivity contribution in [1.82, 2.24) is 14.5 Å². The van der Waals surface area contributed by atoms with Crippen LogP contribution in [0, 0.1) is 18.3 Å². The number of benzene rings is 2. The molecule has 2 aromatic heterocycles. The van der Waals surface area contributed by atoms with Gasteiger partial charge in [0.05, 0.1) is 27.8 Å². The van der Waals surface area contributed by atoms with E-state index in [2.05, 4.69) is 21.4 Å². The predicted octanol–water partition coefficient (Wildman–Crippen LogP) is 4.08. The zero-order valence-corrected chi connectivity index (χ0v) is 18.3. The van der Waals surface area contributed by atoms with Gasteiger partial charge in [0.1, 0.15) is 5.82 Å². The number of hydrogen-bond donors (Lipinski definition) is 1. The lowest BCUT2D eigenvalue weighted by Crippen LogP contribution is -2.26. The number of para-hydroxylation sites is 1. The summed E-state index contributed by atoms with van der Waals surface area (Å²) in [7, 11) is 0. The predicted molar refractivity (Wildman–Crippen MR) is 125 cm³/mol. The van der Waals surface area contributed by atoms with Crippen molar-refractivity contribution in [2.45, 2.75) is 24.3 Å². The molecule has 32 heavy (non-hydrogen) atoms. The first kappa shape index (κ1) is 21.3. The quantitative estimate of drug-likeness (QED) is 0.370. The molecule has 4 rings (SSSR count). The van der Waals surface area contributed by atoms with E-state index in [1.807, 2.05) is 19.1 Å². The molecule has 1 amide bonds. The van der Waals surface area contributed by atoms with Gasteiger partial charge < -0.3 is 5.32 Å². The number of carbonyl (C=O) groups excluding carboxylic acids is 1. The molecule has 1 atom stereocenters. The molecule has 0 bridgehead atoms. The molecule has 0 aliphatic rings. The van der Waals surface area contributed by atoms with Gasteiger partial charge in [-0.3, -0.25) is 9.59 Å². The highest BCUT2D eigenvalue weighted by Crippen LogP contribution is 2.25. The molecule has 7 nitrogen and oxygen atoms in total. The summed E-state index contributed by atoms with van der Waals surface area (Å²) in [4.78, 5) is 35.1. The maximum atomic E-state index is 13.3. The van der Waals surface area contributed by atoms with Crippen LogP contribution in [0.1, 0.15) is 18.1 Å². The van der Waals surface area contributed by atoms with Crippen LogP contribution < -0.4 is 10.9 Å². The number of thioether (sulfide) groups is 1. The Labute approximate surface area is 188 Å². The Morgan fingerprint density at radius 2 is 1.97 bits per heavy atom. The fourth-order valence-corrected chi connectivity index (χ4v) is 4.02. The van der Waals surface area contributed by atoms with Gasteiger partial charge in [0.15, 0.2) is 5.16 Å². The maximum Gasteiger partial charge on any atom is 0.267 e. The second-order valence-electron chi connectivity index (χ2n) is 7.19. The van der Waals surface area contributed by atoms with Crippen LogP contribution in [0.2, 0.25) is 0 Å². The Hall–Kier alpha value is -3.96. The van der Waals surface area contributed by atoms with Crippen LogP contribution in [-0.2, 0) is 4.79 Å². The van der Waals surface area contributed by atoms with Gasteiger partial charge in [0.2, 0.25) is 5.91 Å². The van der Waals surface area contributed by atoms with Crippen LogP contribution in [0.4, 0.5) is 5.69 Å². The van der Waals surface area contributed by atoms with Gasteiger partial charge in [0, 0.05) is 11.9 Å². The first-order chi connectivity index (χ1) is 15.5. The zero-order valence-electron chi connectivity index (χ0n) is 17.4. The minimum absolute atomic E-state index is 0.246. The molecule has 0 fully saturated rings. The normalized spacial score (nSPS) is 11.7. The van der Waals surface area contributed by atoms with Crippen LogP contribution in [0.5, 0.6) is 0 Å². The number of rotatable bonds is 5. The monoisotopic (exact) mass is 441 g/mol. The number of amides is 1. The van der Waals surface area contributed by atoms with E-state index in [1.54, 1.807) is 61.7 Å². The fourth-order valence-electron chi connectivity index (χ4n) is 3.11. The summed E-state index contributed by atoms with van der Waals surface area (Å²) in [5, 5.41) is 12.2. The topological polar surface area (TPSA) is 101 Å².